The molecule has 27 heavy (non-hydrogen) atoms. The SMILES string of the molecule is CCc1ccc(NC(=O)c2cc(NCCC3=CCCCC3)nc(C)n2)cc1. The minimum absolute atomic E-state index is 0.220. The van der Waals surface area contributed by atoms with Crippen molar-refractivity contribution in [3.05, 3.63) is 59.1 Å². The van der Waals surface area contributed by atoms with Crippen LogP contribution in [0.5, 0.6) is 0 Å². The van der Waals surface area contributed by atoms with Crippen molar-refractivity contribution in [1.29, 1.82) is 0 Å². The highest BCUT2D eigenvalue weighted by atomic mass is 16.1. The van der Waals surface area contributed by atoms with E-state index in [9.17, 15) is 4.79 Å². The molecule has 2 N–H and O–H groups in total. The molecule has 3 rings (SSSR count). The first kappa shape index (κ1) is 19.1. The highest BCUT2D eigenvalue weighted by molar-refractivity contribution is 6.03. The number of benzene rings is 1. The van der Waals surface area contributed by atoms with Gasteiger partial charge in [0.25, 0.3) is 5.91 Å². The molecule has 0 atom stereocenters. The number of aromatic nitrogens is 2. The van der Waals surface area contributed by atoms with Gasteiger partial charge in [0, 0.05) is 18.3 Å². The van der Waals surface area contributed by atoms with E-state index in [1.807, 2.05) is 31.2 Å². The van der Waals surface area contributed by atoms with Gasteiger partial charge in [-0.25, -0.2) is 9.97 Å². The van der Waals surface area contributed by atoms with Gasteiger partial charge in [-0.15, -0.1) is 0 Å². The van der Waals surface area contributed by atoms with Gasteiger partial charge in [-0.05, 0) is 63.1 Å². The van der Waals surface area contributed by atoms with Crippen LogP contribution in [0, 0.1) is 6.92 Å². The fourth-order valence-electron chi connectivity index (χ4n) is 3.28. The summed E-state index contributed by atoms with van der Waals surface area (Å²) in [6.07, 6.45) is 9.36. The lowest BCUT2D eigenvalue weighted by Gasteiger charge is -2.13. The van der Waals surface area contributed by atoms with Crippen LogP contribution >= 0.6 is 0 Å². The zero-order valence-corrected chi connectivity index (χ0v) is 16.2. The third-order valence-corrected chi connectivity index (χ3v) is 4.83. The molecule has 1 aliphatic carbocycles. The lowest BCUT2D eigenvalue weighted by molar-refractivity contribution is 0.102. The Bertz CT molecular complexity index is 812. The van der Waals surface area contributed by atoms with Crippen LogP contribution in [0.4, 0.5) is 11.5 Å². The van der Waals surface area contributed by atoms with Gasteiger partial charge in [0.2, 0.25) is 0 Å². The Balaban J connectivity index is 1.61. The minimum atomic E-state index is -0.220. The standard InChI is InChI=1S/C22H28N4O/c1-3-17-9-11-19(12-10-17)26-22(27)20-15-21(25-16(2)24-20)23-14-13-18-7-5-4-6-8-18/h7,9-12,15H,3-6,8,13-14H2,1-2H3,(H,26,27)(H,23,24,25). The molecule has 1 heterocycles. The van der Waals surface area contributed by atoms with Crippen molar-refractivity contribution in [2.75, 3.05) is 17.2 Å². The normalized spacial score (nSPS) is 13.8. The number of aryl methyl sites for hydroxylation is 2. The third kappa shape index (κ3) is 5.64. The maximum Gasteiger partial charge on any atom is 0.274 e. The number of hydrogen-bond donors (Lipinski definition) is 2. The van der Waals surface area contributed by atoms with Crippen molar-refractivity contribution in [1.82, 2.24) is 9.97 Å². The summed E-state index contributed by atoms with van der Waals surface area (Å²) in [6.45, 7) is 4.74. The predicted octanol–water partition coefficient (Wildman–Crippen LogP) is 4.90. The van der Waals surface area contributed by atoms with Crippen LogP contribution in [0.15, 0.2) is 42.0 Å². The van der Waals surface area contributed by atoms with Crippen molar-refractivity contribution >= 4 is 17.4 Å². The van der Waals surface area contributed by atoms with E-state index < -0.39 is 0 Å². The summed E-state index contributed by atoms with van der Waals surface area (Å²) in [5.74, 6) is 1.07. The number of hydrogen-bond acceptors (Lipinski definition) is 4. The largest absolute Gasteiger partial charge is 0.370 e. The van der Waals surface area contributed by atoms with Crippen molar-refractivity contribution in [2.24, 2.45) is 0 Å². The van der Waals surface area contributed by atoms with Crippen LogP contribution in [0.25, 0.3) is 0 Å². The lowest BCUT2D eigenvalue weighted by atomic mass is 9.97. The van der Waals surface area contributed by atoms with Gasteiger partial charge < -0.3 is 10.6 Å². The fraction of sp³-hybridized carbons (Fsp3) is 0.409. The first-order valence-electron chi connectivity index (χ1n) is 9.82. The Kier molecular flexibility index (Phi) is 6.58. The van der Waals surface area contributed by atoms with E-state index in [-0.39, 0.29) is 5.91 Å². The first-order valence-corrected chi connectivity index (χ1v) is 9.82. The van der Waals surface area contributed by atoms with Gasteiger partial charge in [-0.3, -0.25) is 4.79 Å². The number of anilines is 2. The van der Waals surface area contributed by atoms with Crippen LogP contribution < -0.4 is 10.6 Å². The van der Waals surface area contributed by atoms with E-state index >= 15 is 0 Å². The second kappa shape index (κ2) is 9.31. The molecule has 5 heteroatoms. The average molecular weight is 364 g/mol. The van der Waals surface area contributed by atoms with Crippen molar-refractivity contribution in [3.8, 4) is 0 Å². The maximum absolute atomic E-state index is 12.6. The summed E-state index contributed by atoms with van der Waals surface area (Å²) >= 11 is 0. The van der Waals surface area contributed by atoms with Crippen molar-refractivity contribution in [2.45, 2.75) is 52.4 Å². The quantitative estimate of drug-likeness (QED) is 0.686. The summed E-state index contributed by atoms with van der Waals surface area (Å²) in [7, 11) is 0. The van der Waals surface area contributed by atoms with E-state index in [1.165, 1.54) is 36.8 Å². The van der Waals surface area contributed by atoms with Gasteiger partial charge >= 0.3 is 0 Å². The molecule has 0 bridgehead atoms. The number of nitrogens with zero attached hydrogens (tertiary/aromatic N) is 2. The topological polar surface area (TPSA) is 66.9 Å². The highest BCUT2D eigenvalue weighted by Gasteiger charge is 2.11. The number of carbonyl (C=O) groups is 1. The van der Waals surface area contributed by atoms with Crippen LogP contribution in [0.3, 0.4) is 0 Å². The third-order valence-electron chi connectivity index (χ3n) is 4.83. The first-order chi connectivity index (χ1) is 13.1. The molecule has 142 valence electrons. The second-order valence-corrected chi connectivity index (χ2v) is 6.98. The number of carbonyl (C=O) groups excluding carboxylic acids is 1. The summed E-state index contributed by atoms with van der Waals surface area (Å²) in [4.78, 5) is 21.2. The van der Waals surface area contributed by atoms with Gasteiger partial charge in [-0.2, -0.15) is 0 Å². The van der Waals surface area contributed by atoms with Crippen LogP contribution in [-0.2, 0) is 6.42 Å². The Morgan fingerprint density at radius 2 is 1.96 bits per heavy atom. The molecule has 0 aliphatic heterocycles. The molecule has 0 saturated carbocycles. The second-order valence-electron chi connectivity index (χ2n) is 6.98. The molecule has 1 aliphatic rings. The molecule has 1 aromatic heterocycles. The van der Waals surface area contributed by atoms with Gasteiger partial charge in [-0.1, -0.05) is 30.7 Å². The zero-order valence-electron chi connectivity index (χ0n) is 16.2. The Morgan fingerprint density at radius 3 is 2.67 bits per heavy atom. The molecule has 0 unspecified atom stereocenters. The number of amides is 1. The molecular formula is C22H28N4O. The fourth-order valence-corrected chi connectivity index (χ4v) is 3.28. The molecule has 0 radical (unpaired) electrons. The van der Waals surface area contributed by atoms with Gasteiger partial charge in [0.05, 0.1) is 0 Å². The van der Waals surface area contributed by atoms with Crippen molar-refractivity contribution in [3.63, 3.8) is 0 Å². The highest BCUT2D eigenvalue weighted by Crippen LogP contribution is 2.20. The monoisotopic (exact) mass is 364 g/mol. The van der Waals surface area contributed by atoms with E-state index in [0.29, 0.717) is 17.3 Å². The predicted molar refractivity (Wildman–Crippen MR) is 110 cm³/mol. The molecular weight excluding hydrogens is 336 g/mol. The van der Waals surface area contributed by atoms with Crippen molar-refractivity contribution < 1.29 is 4.79 Å². The maximum atomic E-state index is 12.6. The smallest absolute Gasteiger partial charge is 0.274 e. The van der Waals surface area contributed by atoms with E-state index in [0.717, 1.165) is 25.1 Å². The Labute approximate surface area is 161 Å². The van der Waals surface area contributed by atoms with Gasteiger partial charge in [0.1, 0.15) is 17.3 Å². The summed E-state index contributed by atoms with van der Waals surface area (Å²) < 4.78 is 0. The number of nitrogens with one attached hydrogen (secondary N) is 2. The van der Waals surface area contributed by atoms with Crippen LogP contribution in [-0.4, -0.2) is 22.4 Å². The molecule has 0 spiro atoms. The van der Waals surface area contributed by atoms with E-state index in [4.69, 9.17) is 0 Å². The Morgan fingerprint density at radius 1 is 1.15 bits per heavy atom. The van der Waals surface area contributed by atoms with E-state index in [2.05, 4.69) is 33.6 Å². The molecule has 5 nitrogen and oxygen atoms in total. The summed E-state index contributed by atoms with van der Waals surface area (Å²) in [5, 5.41) is 6.24. The molecule has 1 amide bonds. The number of allylic oxidation sites excluding steroid dienone is 1. The van der Waals surface area contributed by atoms with E-state index in [1.54, 1.807) is 6.07 Å². The zero-order chi connectivity index (χ0) is 19.1. The van der Waals surface area contributed by atoms with Crippen LogP contribution in [0.1, 0.15) is 60.9 Å². The lowest BCUT2D eigenvalue weighted by Crippen LogP contribution is -2.16. The molecule has 0 saturated heterocycles. The summed E-state index contributed by atoms with van der Waals surface area (Å²) in [5.41, 5.74) is 3.91. The average Bonchev–Trinajstić information content (AvgIpc) is 2.69. The minimum Gasteiger partial charge on any atom is -0.370 e. The van der Waals surface area contributed by atoms with Crippen LogP contribution in [0.2, 0.25) is 0 Å². The molecule has 2 aromatic rings. The summed E-state index contributed by atoms with van der Waals surface area (Å²) in [6, 6.07) is 9.60. The molecule has 1 aromatic carbocycles. The number of rotatable bonds is 7. The molecule has 0 fully saturated rings. The Hall–Kier alpha value is -2.69. The van der Waals surface area contributed by atoms with Gasteiger partial charge in [0.15, 0.2) is 0 Å².